The van der Waals surface area contributed by atoms with Crippen molar-refractivity contribution >= 4 is 25.1 Å². The van der Waals surface area contributed by atoms with Crippen LogP contribution in [-0.4, -0.2) is 48.3 Å². The van der Waals surface area contributed by atoms with Gasteiger partial charge in [0.2, 0.25) is 0 Å². The highest BCUT2D eigenvalue weighted by molar-refractivity contribution is 6.56. The van der Waals surface area contributed by atoms with Crippen molar-refractivity contribution in [3.05, 3.63) is 94.7 Å². The predicted octanol–water partition coefficient (Wildman–Crippen LogP) is 5.84. The maximum Gasteiger partial charge on any atom is 0.492 e. The smallest absolute Gasteiger partial charge is 0.449 e. The molecule has 1 amide bonds. The number of carbonyl (C=O) groups is 2. The van der Waals surface area contributed by atoms with Gasteiger partial charge in [-0.05, 0) is 74.0 Å². The molecule has 0 atom stereocenters. The van der Waals surface area contributed by atoms with Gasteiger partial charge >= 0.3 is 13.2 Å². The van der Waals surface area contributed by atoms with Crippen LogP contribution in [0.1, 0.15) is 67.6 Å². The summed E-state index contributed by atoms with van der Waals surface area (Å²) in [5.74, 6) is -0.103. The van der Waals surface area contributed by atoms with E-state index < -0.39 is 24.4 Å². The number of hydrogen-bond acceptors (Lipinski definition) is 6. The highest BCUT2D eigenvalue weighted by Gasteiger charge is 2.52. The first-order chi connectivity index (χ1) is 18.6. The monoisotopic (exact) mass is 524 g/mol. The average Bonchev–Trinajstić information content (AvgIpc) is 3.34. The van der Waals surface area contributed by atoms with Crippen molar-refractivity contribution in [1.82, 2.24) is 10.3 Å². The molecular formula is C31H33BN2O5. The van der Waals surface area contributed by atoms with E-state index in [9.17, 15) is 9.59 Å². The van der Waals surface area contributed by atoms with Crippen LogP contribution < -0.4 is 5.32 Å². The van der Waals surface area contributed by atoms with Crippen LogP contribution in [0, 0.1) is 0 Å². The molecule has 8 heteroatoms. The third-order valence-electron chi connectivity index (χ3n) is 7.85. The van der Waals surface area contributed by atoms with Gasteiger partial charge in [-0.1, -0.05) is 54.6 Å². The van der Waals surface area contributed by atoms with Gasteiger partial charge in [0.15, 0.2) is 5.78 Å². The van der Waals surface area contributed by atoms with E-state index in [-0.39, 0.29) is 24.9 Å². The molecule has 1 N–H and O–H groups in total. The molecule has 1 aliphatic heterocycles. The molecule has 0 radical (unpaired) electrons. The standard InChI is InChI=1S/C31H33BN2O5/c1-20(35)22-14-21(16-33-17-22)15-23(32-38-30(2,3)31(4,5)39-32)18-34-29(36)37-19-28-26-12-8-6-10-24(26)25-11-7-9-13-27(25)28/h6-17,28H,18-19H2,1-5H3,(H,34,36). The number of ketones is 1. The molecule has 1 aromatic heterocycles. The third kappa shape index (κ3) is 5.40. The summed E-state index contributed by atoms with van der Waals surface area (Å²) in [6.07, 6.45) is 4.49. The number of fused-ring (bicyclic) bond motifs is 3. The zero-order valence-corrected chi connectivity index (χ0v) is 23.0. The molecule has 3 aromatic rings. The summed E-state index contributed by atoms with van der Waals surface area (Å²) in [5, 5.41) is 2.87. The topological polar surface area (TPSA) is 86.8 Å². The Hall–Kier alpha value is -3.75. The molecule has 1 aliphatic carbocycles. The first-order valence-corrected chi connectivity index (χ1v) is 13.2. The van der Waals surface area contributed by atoms with Gasteiger partial charge in [-0.15, -0.1) is 0 Å². The second kappa shape index (κ2) is 10.4. The first kappa shape index (κ1) is 26.8. The van der Waals surface area contributed by atoms with Crippen LogP contribution in [0.25, 0.3) is 17.2 Å². The minimum atomic E-state index is -0.690. The highest BCUT2D eigenvalue weighted by atomic mass is 16.7. The lowest BCUT2D eigenvalue weighted by Gasteiger charge is -2.32. The summed E-state index contributed by atoms with van der Waals surface area (Å²) in [6, 6.07) is 18.2. The van der Waals surface area contributed by atoms with Gasteiger partial charge in [0.05, 0.1) is 11.2 Å². The van der Waals surface area contributed by atoms with E-state index in [1.807, 2.05) is 58.0 Å². The number of carbonyl (C=O) groups excluding carboxylic acids is 2. The summed E-state index contributed by atoms with van der Waals surface area (Å²) in [5.41, 5.74) is 5.45. The minimum Gasteiger partial charge on any atom is -0.449 e. The summed E-state index contributed by atoms with van der Waals surface area (Å²) >= 11 is 0. The van der Waals surface area contributed by atoms with Crippen LogP contribution >= 0.6 is 0 Å². The van der Waals surface area contributed by atoms with Crippen molar-refractivity contribution in [2.45, 2.75) is 51.7 Å². The van der Waals surface area contributed by atoms with E-state index in [1.54, 1.807) is 12.3 Å². The molecule has 1 saturated heterocycles. The van der Waals surface area contributed by atoms with Crippen molar-refractivity contribution in [2.24, 2.45) is 0 Å². The summed E-state index contributed by atoms with van der Waals surface area (Å²) in [7, 11) is -0.690. The second-order valence-corrected chi connectivity index (χ2v) is 11.0. The normalized spacial score (nSPS) is 17.5. The zero-order valence-electron chi connectivity index (χ0n) is 23.0. The molecule has 1 fully saturated rings. The molecule has 0 unspecified atom stereocenters. The van der Waals surface area contributed by atoms with E-state index in [0.29, 0.717) is 16.6 Å². The molecule has 2 aromatic carbocycles. The van der Waals surface area contributed by atoms with Crippen LogP contribution in [0.3, 0.4) is 0 Å². The van der Waals surface area contributed by atoms with Crippen LogP contribution in [0.5, 0.6) is 0 Å². The number of nitrogens with zero attached hydrogens (tertiary/aromatic N) is 1. The minimum absolute atomic E-state index is 0.0262. The lowest BCUT2D eigenvalue weighted by molar-refractivity contribution is 0.00578. The van der Waals surface area contributed by atoms with Gasteiger partial charge in [-0.2, -0.15) is 0 Å². The van der Waals surface area contributed by atoms with E-state index in [1.165, 1.54) is 24.2 Å². The van der Waals surface area contributed by atoms with Crippen molar-refractivity contribution < 1.29 is 23.6 Å². The lowest BCUT2D eigenvalue weighted by Crippen LogP contribution is -2.41. The van der Waals surface area contributed by atoms with Crippen molar-refractivity contribution in [3.63, 3.8) is 0 Å². The molecule has 0 spiro atoms. The Morgan fingerprint density at radius 3 is 2.15 bits per heavy atom. The number of Topliss-reactive ketones (excluding diaryl/α,β-unsaturated/α-hetero) is 1. The van der Waals surface area contributed by atoms with Gasteiger partial charge < -0.3 is 19.4 Å². The molecule has 0 bridgehead atoms. The fourth-order valence-electron chi connectivity index (χ4n) is 4.96. The number of rotatable bonds is 7. The fourth-order valence-corrected chi connectivity index (χ4v) is 4.96. The van der Waals surface area contributed by atoms with Crippen LogP contribution in [0.2, 0.25) is 0 Å². The van der Waals surface area contributed by atoms with E-state index in [0.717, 1.165) is 11.1 Å². The Kier molecular flexibility index (Phi) is 7.18. The number of nitrogens with one attached hydrogen (secondary N) is 1. The predicted molar refractivity (Wildman–Crippen MR) is 151 cm³/mol. The van der Waals surface area contributed by atoms with Crippen LogP contribution in [0.4, 0.5) is 4.79 Å². The number of amides is 1. The molecule has 0 saturated carbocycles. The Balaban J connectivity index is 1.31. The summed E-state index contributed by atoms with van der Waals surface area (Å²) in [6.45, 7) is 9.75. The Labute approximate surface area is 229 Å². The maximum absolute atomic E-state index is 12.9. The molecule has 2 aliphatic rings. The largest absolute Gasteiger partial charge is 0.492 e. The van der Waals surface area contributed by atoms with Crippen molar-refractivity contribution in [1.29, 1.82) is 0 Å². The van der Waals surface area contributed by atoms with Gasteiger partial charge in [0.1, 0.15) is 6.61 Å². The number of pyridine rings is 1. The molecule has 7 nitrogen and oxygen atoms in total. The van der Waals surface area contributed by atoms with E-state index in [4.69, 9.17) is 14.0 Å². The lowest BCUT2D eigenvalue weighted by atomic mass is 9.77. The number of alkyl carbamates (subject to hydrolysis) is 1. The van der Waals surface area contributed by atoms with Crippen LogP contribution in [-0.2, 0) is 14.0 Å². The fraction of sp³-hybridized carbons (Fsp3) is 0.323. The quantitative estimate of drug-likeness (QED) is 0.309. The summed E-state index contributed by atoms with van der Waals surface area (Å²) < 4.78 is 18.2. The SMILES string of the molecule is CC(=O)c1cncc(C=C(CNC(=O)OCC2c3ccccc3-c3ccccc32)B2OC(C)(C)C(C)(C)O2)c1. The zero-order chi connectivity index (χ0) is 27.8. The first-order valence-electron chi connectivity index (χ1n) is 13.2. The number of benzene rings is 2. The van der Waals surface area contributed by atoms with Crippen LogP contribution in [0.15, 0.2) is 72.5 Å². The average molecular weight is 524 g/mol. The third-order valence-corrected chi connectivity index (χ3v) is 7.85. The van der Waals surface area contributed by atoms with Gasteiger partial charge in [-0.3, -0.25) is 9.78 Å². The van der Waals surface area contributed by atoms with Gasteiger partial charge in [0.25, 0.3) is 0 Å². The molecular weight excluding hydrogens is 491 g/mol. The molecule has 39 heavy (non-hydrogen) atoms. The van der Waals surface area contributed by atoms with Gasteiger partial charge in [-0.25, -0.2) is 4.79 Å². The number of ether oxygens (including phenoxy) is 1. The van der Waals surface area contributed by atoms with Crippen molar-refractivity contribution in [2.75, 3.05) is 13.2 Å². The molecule has 5 rings (SSSR count). The van der Waals surface area contributed by atoms with Gasteiger partial charge in [0, 0.05) is 30.4 Å². The van der Waals surface area contributed by atoms with Crippen molar-refractivity contribution in [3.8, 4) is 11.1 Å². The highest BCUT2D eigenvalue weighted by Crippen LogP contribution is 2.44. The second-order valence-electron chi connectivity index (χ2n) is 11.0. The molecule has 200 valence electrons. The Morgan fingerprint density at radius 2 is 1.56 bits per heavy atom. The summed E-state index contributed by atoms with van der Waals surface area (Å²) in [4.78, 5) is 29.0. The maximum atomic E-state index is 12.9. The van der Waals surface area contributed by atoms with E-state index >= 15 is 0 Å². The van der Waals surface area contributed by atoms with E-state index in [2.05, 4.69) is 34.6 Å². The number of aromatic nitrogens is 1. The number of hydrogen-bond donors (Lipinski definition) is 1. The Morgan fingerprint density at radius 1 is 0.974 bits per heavy atom. The molecule has 2 heterocycles. The Bertz CT molecular complexity index is 1390.